The first-order valence-corrected chi connectivity index (χ1v) is 8.46. The second-order valence-electron chi connectivity index (χ2n) is 5.41. The zero-order chi connectivity index (χ0) is 16.8. The quantitative estimate of drug-likeness (QED) is 0.478. The largest absolute Gasteiger partial charge is 0.387 e. The van der Waals surface area contributed by atoms with E-state index in [0.717, 1.165) is 5.56 Å². The van der Waals surface area contributed by atoms with E-state index in [9.17, 15) is 15.2 Å². The van der Waals surface area contributed by atoms with E-state index in [1.165, 1.54) is 17.0 Å². The van der Waals surface area contributed by atoms with Gasteiger partial charge in [-0.2, -0.15) is 0 Å². The van der Waals surface area contributed by atoms with Gasteiger partial charge in [0.2, 0.25) is 0 Å². The number of nitro benzene ring substituents is 1. The molecule has 122 valence electrons. The predicted molar refractivity (Wildman–Crippen MR) is 92.6 cm³/mol. The maximum Gasteiger partial charge on any atom is 0.269 e. The van der Waals surface area contributed by atoms with Gasteiger partial charge in [-0.25, -0.2) is 0 Å². The fourth-order valence-electron chi connectivity index (χ4n) is 2.35. The lowest BCUT2D eigenvalue weighted by molar-refractivity contribution is -0.385. The zero-order valence-electron chi connectivity index (χ0n) is 13.2. The van der Waals surface area contributed by atoms with Crippen molar-refractivity contribution in [3.05, 3.63) is 69.8 Å². The highest BCUT2D eigenvalue weighted by atomic mass is 32.2. The second-order valence-corrected chi connectivity index (χ2v) is 6.29. The first kappa shape index (κ1) is 17.5. The van der Waals surface area contributed by atoms with Gasteiger partial charge in [-0.1, -0.05) is 24.3 Å². The molecule has 2 aromatic carbocycles. The molecule has 0 aliphatic heterocycles. The van der Waals surface area contributed by atoms with E-state index >= 15 is 0 Å². The van der Waals surface area contributed by atoms with Gasteiger partial charge >= 0.3 is 0 Å². The first-order valence-electron chi connectivity index (χ1n) is 7.23. The van der Waals surface area contributed by atoms with Crippen molar-refractivity contribution in [1.82, 2.24) is 4.90 Å². The van der Waals surface area contributed by atoms with Gasteiger partial charge in [-0.05, 0) is 36.6 Å². The Hall–Kier alpha value is -1.89. The number of aliphatic hydroxyl groups is 1. The third-order valence-corrected chi connectivity index (χ3v) is 4.31. The normalized spacial score (nSPS) is 12.3. The summed E-state index contributed by atoms with van der Waals surface area (Å²) in [6.45, 7) is 1.12. The molecular formula is C17H20N2O3S. The van der Waals surface area contributed by atoms with E-state index in [-0.39, 0.29) is 5.69 Å². The third-order valence-electron chi connectivity index (χ3n) is 3.56. The molecule has 1 N–H and O–H groups in total. The van der Waals surface area contributed by atoms with Gasteiger partial charge in [0.05, 0.1) is 11.0 Å². The number of nitro groups is 1. The highest BCUT2D eigenvalue weighted by Gasteiger charge is 2.14. The highest BCUT2D eigenvalue weighted by Crippen LogP contribution is 2.21. The summed E-state index contributed by atoms with van der Waals surface area (Å²) < 4.78 is 0. The Morgan fingerprint density at radius 3 is 2.57 bits per heavy atom. The molecule has 0 aliphatic carbocycles. The number of rotatable bonds is 7. The van der Waals surface area contributed by atoms with Crippen LogP contribution in [0.15, 0.2) is 53.4 Å². The summed E-state index contributed by atoms with van der Waals surface area (Å²) in [5.74, 6) is 0. The van der Waals surface area contributed by atoms with Crippen LogP contribution >= 0.6 is 11.8 Å². The number of hydrogen-bond acceptors (Lipinski definition) is 5. The zero-order valence-corrected chi connectivity index (χ0v) is 14.0. The van der Waals surface area contributed by atoms with E-state index in [2.05, 4.69) is 24.3 Å². The molecule has 0 heterocycles. The van der Waals surface area contributed by atoms with Gasteiger partial charge in [0.1, 0.15) is 0 Å². The van der Waals surface area contributed by atoms with Gasteiger partial charge in [-0.15, -0.1) is 11.8 Å². The van der Waals surface area contributed by atoms with E-state index < -0.39 is 11.0 Å². The molecule has 0 saturated heterocycles. The number of hydrogen-bond donors (Lipinski definition) is 1. The molecule has 0 fully saturated rings. The molecule has 0 bridgehead atoms. The lowest BCUT2D eigenvalue weighted by Crippen LogP contribution is -2.24. The molecule has 5 nitrogen and oxygen atoms in total. The molecule has 2 aromatic rings. The van der Waals surface area contributed by atoms with Crippen LogP contribution in [0.2, 0.25) is 0 Å². The fourth-order valence-corrected chi connectivity index (χ4v) is 2.76. The maximum absolute atomic E-state index is 10.8. The summed E-state index contributed by atoms with van der Waals surface area (Å²) in [6.07, 6.45) is 1.28. The summed E-state index contributed by atoms with van der Waals surface area (Å²) in [6, 6.07) is 14.4. The molecule has 0 spiro atoms. The molecular weight excluding hydrogens is 312 g/mol. The van der Waals surface area contributed by atoms with E-state index in [1.54, 1.807) is 23.9 Å². The smallest absolute Gasteiger partial charge is 0.269 e. The van der Waals surface area contributed by atoms with E-state index in [0.29, 0.717) is 18.7 Å². The lowest BCUT2D eigenvalue weighted by atomic mass is 10.1. The fraction of sp³-hybridized carbons (Fsp3) is 0.294. The number of nitrogens with zero attached hydrogens (tertiary/aromatic N) is 2. The Morgan fingerprint density at radius 2 is 1.96 bits per heavy atom. The van der Waals surface area contributed by atoms with Crippen molar-refractivity contribution in [1.29, 1.82) is 0 Å². The lowest BCUT2D eigenvalue weighted by Gasteiger charge is -2.21. The maximum atomic E-state index is 10.8. The van der Waals surface area contributed by atoms with Crippen molar-refractivity contribution in [2.24, 2.45) is 0 Å². The number of likely N-dealkylation sites (N-methyl/N-ethyl adjacent to an activating group) is 1. The molecule has 23 heavy (non-hydrogen) atoms. The summed E-state index contributed by atoms with van der Waals surface area (Å²) in [7, 11) is 1.92. The van der Waals surface area contributed by atoms with Crippen LogP contribution in [0.4, 0.5) is 5.69 Å². The topological polar surface area (TPSA) is 66.6 Å². The van der Waals surface area contributed by atoms with Crippen molar-refractivity contribution >= 4 is 17.4 Å². The average Bonchev–Trinajstić information content (AvgIpc) is 2.55. The van der Waals surface area contributed by atoms with Gasteiger partial charge in [0.15, 0.2) is 0 Å². The Kier molecular flexibility index (Phi) is 6.15. The second kappa shape index (κ2) is 8.10. The summed E-state index contributed by atoms with van der Waals surface area (Å²) in [5, 5.41) is 21.1. The Bertz CT molecular complexity index is 661. The minimum absolute atomic E-state index is 0.00291. The van der Waals surface area contributed by atoms with Crippen LogP contribution in [0.1, 0.15) is 17.2 Å². The number of aliphatic hydroxyl groups excluding tert-OH is 1. The van der Waals surface area contributed by atoms with Crippen LogP contribution in [0, 0.1) is 10.1 Å². The molecule has 6 heteroatoms. The van der Waals surface area contributed by atoms with Gasteiger partial charge in [-0.3, -0.25) is 15.0 Å². The Morgan fingerprint density at radius 1 is 1.26 bits per heavy atom. The van der Waals surface area contributed by atoms with E-state index in [1.807, 2.05) is 18.2 Å². The van der Waals surface area contributed by atoms with Crippen molar-refractivity contribution in [2.45, 2.75) is 17.5 Å². The SMILES string of the molecule is CSc1ccc(CN(C)CC(O)c2cccc([N+](=O)[O-])c2)cc1. The van der Waals surface area contributed by atoms with Gasteiger partial charge in [0, 0.05) is 30.1 Å². The number of thioether (sulfide) groups is 1. The van der Waals surface area contributed by atoms with Crippen LogP contribution in [0.5, 0.6) is 0 Å². The Balaban J connectivity index is 1.97. The van der Waals surface area contributed by atoms with Crippen molar-refractivity contribution in [3.8, 4) is 0 Å². The number of non-ortho nitro benzene ring substituents is 1. The minimum Gasteiger partial charge on any atom is -0.387 e. The van der Waals surface area contributed by atoms with Crippen LogP contribution in [-0.4, -0.2) is 34.8 Å². The summed E-state index contributed by atoms with van der Waals surface area (Å²) in [4.78, 5) is 13.6. The first-order chi connectivity index (χ1) is 11.0. The molecule has 1 unspecified atom stereocenters. The Labute approximate surface area is 140 Å². The minimum atomic E-state index is -0.759. The molecule has 0 amide bonds. The molecule has 0 saturated carbocycles. The van der Waals surface area contributed by atoms with Crippen LogP contribution in [0.3, 0.4) is 0 Å². The van der Waals surface area contributed by atoms with Crippen LogP contribution < -0.4 is 0 Å². The monoisotopic (exact) mass is 332 g/mol. The van der Waals surface area contributed by atoms with Crippen molar-refractivity contribution < 1.29 is 10.0 Å². The van der Waals surface area contributed by atoms with Crippen LogP contribution in [0.25, 0.3) is 0 Å². The average molecular weight is 332 g/mol. The number of benzene rings is 2. The predicted octanol–water partition coefficient (Wildman–Crippen LogP) is 3.48. The molecule has 0 radical (unpaired) electrons. The standard InChI is InChI=1S/C17H20N2O3S/c1-18(11-13-6-8-16(23-2)9-7-13)12-17(20)14-4-3-5-15(10-14)19(21)22/h3-10,17,20H,11-12H2,1-2H3. The third kappa shape index (κ3) is 5.06. The molecule has 1 atom stereocenters. The molecule has 0 aromatic heterocycles. The summed E-state index contributed by atoms with van der Waals surface area (Å²) >= 11 is 1.70. The van der Waals surface area contributed by atoms with Gasteiger partial charge in [0.25, 0.3) is 5.69 Å². The van der Waals surface area contributed by atoms with Crippen LogP contribution in [-0.2, 0) is 6.54 Å². The van der Waals surface area contributed by atoms with E-state index in [4.69, 9.17) is 0 Å². The van der Waals surface area contributed by atoms with Crippen molar-refractivity contribution in [2.75, 3.05) is 19.8 Å². The highest BCUT2D eigenvalue weighted by molar-refractivity contribution is 7.98. The molecule has 0 aliphatic rings. The summed E-state index contributed by atoms with van der Waals surface area (Å²) in [5.41, 5.74) is 1.72. The van der Waals surface area contributed by atoms with Gasteiger partial charge < -0.3 is 5.11 Å². The van der Waals surface area contributed by atoms with Crippen molar-refractivity contribution in [3.63, 3.8) is 0 Å². The molecule has 2 rings (SSSR count).